The lowest BCUT2D eigenvalue weighted by atomic mass is 11.0. The van der Waals surface area contributed by atoms with Gasteiger partial charge in [0.15, 0.2) is 0 Å². The van der Waals surface area contributed by atoms with Crippen molar-refractivity contribution in [2.75, 3.05) is 21.1 Å². The first-order chi connectivity index (χ1) is 3.15. The van der Waals surface area contributed by atoms with Crippen LogP contribution < -0.4 is 0 Å². The Bertz CT molecular complexity index is 19.3. The predicted octanol–water partition coefficient (Wildman–Crippen LogP) is -0.0322. The first-order valence-electron chi connectivity index (χ1n) is 2.76. The van der Waals surface area contributed by atoms with Crippen LogP contribution in [0.1, 0.15) is 6.92 Å². The molecule has 46 valence electrons. The summed E-state index contributed by atoms with van der Waals surface area (Å²) < 4.78 is 0. The molecule has 2 heteroatoms. The van der Waals surface area contributed by atoms with E-state index in [2.05, 4.69) is 6.92 Å². The van der Waals surface area contributed by atoms with Crippen LogP contribution in [0.25, 0.3) is 0 Å². The highest BCUT2D eigenvalue weighted by atomic mass is 28.1. The smallest absolute Gasteiger partial charge is 0.00244 e. The van der Waals surface area contributed by atoms with Crippen LogP contribution in [-0.4, -0.2) is 36.3 Å². The van der Waals surface area contributed by atoms with Crippen molar-refractivity contribution in [2.24, 2.45) is 0 Å². The van der Waals surface area contributed by atoms with Crippen LogP contribution in [-0.2, 0) is 0 Å². The molecular formula is C5H17NSi. The number of hydrogen-bond donors (Lipinski definition) is 0. The van der Waals surface area contributed by atoms with Gasteiger partial charge in [0.2, 0.25) is 0 Å². The molecule has 0 aliphatic heterocycles. The lowest BCUT2D eigenvalue weighted by Gasteiger charge is -1.90. The normalized spacial score (nSPS) is 8.14. The molecule has 0 spiro atoms. The monoisotopic (exact) mass is 119 g/mol. The molecule has 0 amide bonds. The van der Waals surface area contributed by atoms with Crippen molar-refractivity contribution in [3.05, 3.63) is 0 Å². The van der Waals surface area contributed by atoms with Gasteiger partial charge < -0.3 is 4.90 Å². The molecule has 0 aliphatic rings. The lowest BCUT2D eigenvalue weighted by molar-refractivity contribution is 0.505. The molecule has 1 nitrogen and oxygen atoms in total. The molecule has 0 saturated heterocycles. The van der Waals surface area contributed by atoms with Crippen molar-refractivity contribution in [1.82, 2.24) is 4.90 Å². The Hall–Kier alpha value is 0.177. The molecule has 0 fully saturated rings. The largest absolute Gasteiger partial charge is 0.312 e. The lowest BCUT2D eigenvalue weighted by Crippen LogP contribution is -1.99. The zero-order valence-corrected chi connectivity index (χ0v) is 8.15. The fraction of sp³-hybridized carbons (Fsp3) is 1.00. The van der Waals surface area contributed by atoms with Crippen molar-refractivity contribution in [2.45, 2.75) is 13.0 Å². The average Bonchev–Trinajstić information content (AvgIpc) is 1.33. The third-order valence-corrected chi connectivity index (χ3v) is 0. The Kier molecular flexibility index (Phi) is 13.8. The van der Waals surface area contributed by atoms with E-state index in [1.165, 1.54) is 16.3 Å². The fourth-order valence-electron chi connectivity index (χ4n) is 0. The molecule has 0 atom stereocenters. The standard InChI is InChI=1S/C3H9N.C2H8Si/c1-4(2)3;1-2-3/h1-3H3;2H2,1,3H3. The summed E-state index contributed by atoms with van der Waals surface area (Å²) in [4.78, 5) is 2.00. The quantitative estimate of drug-likeness (QED) is 0.405. The Morgan fingerprint density at radius 1 is 1.29 bits per heavy atom. The highest BCUT2D eigenvalue weighted by molar-refractivity contribution is 6.08. The van der Waals surface area contributed by atoms with Gasteiger partial charge in [-0.05, 0) is 21.1 Å². The van der Waals surface area contributed by atoms with E-state index in [-0.39, 0.29) is 0 Å². The number of rotatable bonds is 0. The molecule has 0 rings (SSSR count). The van der Waals surface area contributed by atoms with E-state index in [4.69, 9.17) is 0 Å². The second-order valence-electron chi connectivity index (χ2n) is 2.05. The molecule has 0 radical (unpaired) electrons. The summed E-state index contributed by atoms with van der Waals surface area (Å²) in [6.45, 7) is 2.19. The van der Waals surface area contributed by atoms with E-state index < -0.39 is 0 Å². The van der Waals surface area contributed by atoms with Crippen molar-refractivity contribution in [3.63, 3.8) is 0 Å². The Labute approximate surface area is 50.1 Å². The molecule has 0 heterocycles. The summed E-state index contributed by atoms with van der Waals surface area (Å²) in [5, 5.41) is 0. The van der Waals surface area contributed by atoms with Crippen molar-refractivity contribution >= 4 is 10.2 Å². The van der Waals surface area contributed by atoms with Crippen molar-refractivity contribution in [3.8, 4) is 0 Å². The van der Waals surface area contributed by atoms with Gasteiger partial charge in [-0.2, -0.15) is 0 Å². The molecular weight excluding hydrogens is 102 g/mol. The zero-order chi connectivity index (χ0) is 6.28. The summed E-state index contributed by atoms with van der Waals surface area (Å²) in [5.74, 6) is 0. The van der Waals surface area contributed by atoms with E-state index in [0.29, 0.717) is 0 Å². The summed E-state index contributed by atoms with van der Waals surface area (Å²) in [7, 11) is 7.37. The Morgan fingerprint density at radius 2 is 1.29 bits per heavy atom. The van der Waals surface area contributed by atoms with E-state index in [0.717, 1.165) is 0 Å². The first kappa shape index (κ1) is 10.2. The minimum Gasteiger partial charge on any atom is -0.312 e. The third kappa shape index (κ3) is 3440. The maximum atomic E-state index is 2.19. The van der Waals surface area contributed by atoms with Crippen LogP contribution >= 0.6 is 0 Å². The maximum absolute atomic E-state index is 2.19. The Balaban J connectivity index is 0. The third-order valence-electron chi connectivity index (χ3n) is 0. The van der Waals surface area contributed by atoms with Gasteiger partial charge in [-0.1, -0.05) is 13.0 Å². The highest BCUT2D eigenvalue weighted by Crippen LogP contribution is 1.49. The van der Waals surface area contributed by atoms with E-state index in [1.54, 1.807) is 0 Å². The van der Waals surface area contributed by atoms with Gasteiger partial charge in [0.25, 0.3) is 0 Å². The molecule has 0 N–H and O–H groups in total. The average molecular weight is 119 g/mol. The SMILES string of the molecule is CC[SiH3].CN(C)C. The van der Waals surface area contributed by atoms with Gasteiger partial charge in [-0.15, -0.1) is 0 Å². The van der Waals surface area contributed by atoms with Gasteiger partial charge in [-0.3, -0.25) is 0 Å². The number of nitrogens with zero attached hydrogens (tertiary/aromatic N) is 1. The second-order valence-corrected chi connectivity index (χ2v) is 3.46. The number of hydrogen-bond acceptors (Lipinski definition) is 1. The Morgan fingerprint density at radius 3 is 1.29 bits per heavy atom. The summed E-state index contributed by atoms with van der Waals surface area (Å²) in [6, 6.07) is 1.39. The van der Waals surface area contributed by atoms with E-state index in [9.17, 15) is 0 Å². The zero-order valence-electron chi connectivity index (χ0n) is 6.15. The maximum Gasteiger partial charge on any atom is 0.00244 e. The van der Waals surface area contributed by atoms with Gasteiger partial charge in [-0.25, -0.2) is 0 Å². The summed E-state index contributed by atoms with van der Waals surface area (Å²) >= 11 is 0. The predicted molar refractivity (Wildman–Crippen MR) is 40.0 cm³/mol. The molecule has 0 aliphatic carbocycles. The molecule has 0 aromatic heterocycles. The van der Waals surface area contributed by atoms with E-state index >= 15 is 0 Å². The molecule has 0 saturated carbocycles. The van der Waals surface area contributed by atoms with Crippen LogP contribution in [0.5, 0.6) is 0 Å². The van der Waals surface area contributed by atoms with Crippen LogP contribution in [0.2, 0.25) is 6.04 Å². The van der Waals surface area contributed by atoms with Crippen LogP contribution in [0.3, 0.4) is 0 Å². The molecule has 7 heavy (non-hydrogen) atoms. The van der Waals surface area contributed by atoms with E-state index in [1.807, 2.05) is 26.0 Å². The second kappa shape index (κ2) is 9.49. The molecule has 0 bridgehead atoms. The van der Waals surface area contributed by atoms with Crippen LogP contribution in [0.4, 0.5) is 0 Å². The summed E-state index contributed by atoms with van der Waals surface area (Å²) in [5.41, 5.74) is 0. The highest BCUT2D eigenvalue weighted by Gasteiger charge is 1.58. The van der Waals surface area contributed by atoms with Gasteiger partial charge in [0.05, 0.1) is 0 Å². The van der Waals surface area contributed by atoms with Gasteiger partial charge in [0.1, 0.15) is 0 Å². The van der Waals surface area contributed by atoms with Crippen molar-refractivity contribution in [1.29, 1.82) is 0 Å². The molecule has 0 unspecified atom stereocenters. The van der Waals surface area contributed by atoms with Gasteiger partial charge >= 0.3 is 0 Å². The van der Waals surface area contributed by atoms with Crippen LogP contribution in [0, 0.1) is 0 Å². The van der Waals surface area contributed by atoms with Crippen molar-refractivity contribution < 1.29 is 0 Å². The fourth-order valence-corrected chi connectivity index (χ4v) is 0. The summed E-state index contributed by atoms with van der Waals surface area (Å²) in [6.07, 6.45) is 0. The molecule has 0 aromatic carbocycles. The van der Waals surface area contributed by atoms with Gasteiger partial charge in [0, 0.05) is 10.2 Å². The molecule has 0 aromatic rings. The topological polar surface area (TPSA) is 3.24 Å². The van der Waals surface area contributed by atoms with Crippen LogP contribution in [0.15, 0.2) is 0 Å². The first-order valence-corrected chi connectivity index (χ1v) is 4.17. The minimum atomic E-state index is 1.37. The minimum absolute atomic E-state index is 1.37.